The predicted octanol–water partition coefficient (Wildman–Crippen LogP) is 2.23. The number of piperidine rings is 1. The Morgan fingerprint density at radius 2 is 1.72 bits per heavy atom. The number of carbonyl (C=O) groups excluding carboxylic acids is 1. The smallest absolute Gasteiger partial charge is 0.257 e. The van der Waals surface area contributed by atoms with E-state index in [0.717, 1.165) is 63.3 Å². The third-order valence-electron chi connectivity index (χ3n) is 5.98. The van der Waals surface area contributed by atoms with Gasteiger partial charge in [0, 0.05) is 32.0 Å². The number of aromatic nitrogens is 2. The van der Waals surface area contributed by atoms with Gasteiger partial charge in [0.25, 0.3) is 5.56 Å². The van der Waals surface area contributed by atoms with Crippen molar-refractivity contribution in [1.29, 1.82) is 0 Å². The van der Waals surface area contributed by atoms with Crippen LogP contribution in [0.1, 0.15) is 62.6 Å². The molecule has 3 heterocycles. The summed E-state index contributed by atoms with van der Waals surface area (Å²) in [6.45, 7) is 3.05. The van der Waals surface area contributed by atoms with Crippen LogP contribution >= 0.6 is 0 Å². The largest absolute Gasteiger partial charge is 0.342 e. The third kappa shape index (κ3) is 3.44. The van der Waals surface area contributed by atoms with E-state index in [1.807, 2.05) is 4.90 Å². The van der Waals surface area contributed by atoms with E-state index in [0.29, 0.717) is 25.1 Å². The van der Waals surface area contributed by atoms with E-state index in [1.54, 1.807) is 0 Å². The van der Waals surface area contributed by atoms with Crippen LogP contribution < -0.4 is 10.5 Å². The number of carbonyl (C=O) groups is 1. The van der Waals surface area contributed by atoms with Crippen LogP contribution in [0.4, 0.5) is 5.95 Å². The molecule has 4 rings (SSSR count). The summed E-state index contributed by atoms with van der Waals surface area (Å²) in [7, 11) is 0. The zero-order chi connectivity index (χ0) is 17.2. The molecular formula is C19H28N4O2. The number of hydrogen-bond acceptors (Lipinski definition) is 4. The topological polar surface area (TPSA) is 69.3 Å². The Morgan fingerprint density at radius 1 is 1.00 bits per heavy atom. The van der Waals surface area contributed by atoms with E-state index in [1.165, 1.54) is 12.8 Å². The number of amides is 1. The van der Waals surface area contributed by atoms with E-state index < -0.39 is 0 Å². The molecule has 1 aromatic heterocycles. The summed E-state index contributed by atoms with van der Waals surface area (Å²) in [5.74, 6) is 1.12. The average molecular weight is 344 g/mol. The van der Waals surface area contributed by atoms with Gasteiger partial charge in [0.1, 0.15) is 0 Å². The minimum Gasteiger partial charge on any atom is -0.342 e. The molecule has 0 radical (unpaired) electrons. The fourth-order valence-electron chi connectivity index (χ4n) is 4.46. The van der Waals surface area contributed by atoms with Gasteiger partial charge in [-0.05, 0) is 32.1 Å². The molecule has 136 valence electrons. The van der Waals surface area contributed by atoms with Gasteiger partial charge in [0.2, 0.25) is 11.9 Å². The number of nitrogens with one attached hydrogen (secondary N) is 1. The van der Waals surface area contributed by atoms with Gasteiger partial charge in [-0.1, -0.05) is 19.3 Å². The summed E-state index contributed by atoms with van der Waals surface area (Å²) in [4.78, 5) is 37.2. The number of rotatable bonds is 2. The van der Waals surface area contributed by atoms with Crippen molar-refractivity contribution in [2.75, 3.05) is 24.5 Å². The second-order valence-corrected chi connectivity index (χ2v) is 7.71. The maximum Gasteiger partial charge on any atom is 0.257 e. The number of hydrogen-bond donors (Lipinski definition) is 1. The Bertz CT molecular complexity index is 687. The van der Waals surface area contributed by atoms with E-state index >= 15 is 0 Å². The minimum absolute atomic E-state index is 0.0632. The predicted molar refractivity (Wildman–Crippen MR) is 96.6 cm³/mol. The molecule has 0 unspecified atom stereocenters. The molecule has 6 heteroatoms. The average Bonchev–Trinajstić information content (AvgIpc) is 2.68. The van der Waals surface area contributed by atoms with Crippen molar-refractivity contribution in [1.82, 2.24) is 14.9 Å². The Kier molecular flexibility index (Phi) is 4.77. The van der Waals surface area contributed by atoms with Crippen molar-refractivity contribution >= 4 is 11.9 Å². The van der Waals surface area contributed by atoms with Gasteiger partial charge < -0.3 is 9.80 Å². The number of fused-ring (bicyclic) bond motifs is 1. The van der Waals surface area contributed by atoms with Gasteiger partial charge in [0.15, 0.2) is 0 Å². The summed E-state index contributed by atoms with van der Waals surface area (Å²) < 4.78 is 0. The lowest BCUT2D eigenvalue weighted by atomic mass is 9.88. The van der Waals surface area contributed by atoms with Crippen molar-refractivity contribution in [3.05, 3.63) is 21.6 Å². The van der Waals surface area contributed by atoms with Crippen LogP contribution in [0, 0.1) is 5.92 Å². The molecular weight excluding hydrogens is 316 g/mol. The molecule has 0 spiro atoms. The molecule has 1 saturated carbocycles. The highest BCUT2D eigenvalue weighted by Crippen LogP contribution is 2.27. The van der Waals surface area contributed by atoms with Crippen LogP contribution in [0.3, 0.4) is 0 Å². The summed E-state index contributed by atoms with van der Waals surface area (Å²) in [6.07, 6.45) is 9.83. The molecule has 3 aliphatic rings. The van der Waals surface area contributed by atoms with Gasteiger partial charge in [-0.15, -0.1) is 0 Å². The maximum absolute atomic E-state index is 12.8. The molecule has 0 bridgehead atoms. The van der Waals surface area contributed by atoms with Crippen LogP contribution in [-0.2, 0) is 17.8 Å². The lowest BCUT2D eigenvalue weighted by molar-refractivity contribution is -0.137. The standard InChI is InChI=1S/C19H28N4O2/c24-17-15-13-23(18(25)14-7-3-1-4-8-14)12-9-16(15)20-19(21-17)22-10-5-2-6-11-22/h14H,1-13H2,(H,20,21,24). The van der Waals surface area contributed by atoms with Crippen LogP contribution in [0.2, 0.25) is 0 Å². The molecule has 0 atom stereocenters. The molecule has 2 aliphatic heterocycles. The van der Waals surface area contributed by atoms with Gasteiger partial charge in [-0.25, -0.2) is 4.98 Å². The first-order valence-electron chi connectivity index (χ1n) is 9.88. The molecule has 25 heavy (non-hydrogen) atoms. The van der Waals surface area contributed by atoms with Crippen LogP contribution in [-0.4, -0.2) is 40.4 Å². The number of H-pyrrole nitrogens is 1. The summed E-state index contributed by atoms with van der Waals surface area (Å²) >= 11 is 0. The molecule has 1 aromatic rings. The lowest BCUT2D eigenvalue weighted by Gasteiger charge is -2.33. The van der Waals surface area contributed by atoms with E-state index in [4.69, 9.17) is 4.98 Å². The SMILES string of the molecule is O=C(C1CCCCC1)N1CCc2nc(N3CCCCC3)[nH]c(=O)c2C1. The zero-order valence-corrected chi connectivity index (χ0v) is 14.9. The van der Waals surface area contributed by atoms with Crippen LogP contribution in [0.15, 0.2) is 4.79 Å². The van der Waals surface area contributed by atoms with Crippen LogP contribution in [0.25, 0.3) is 0 Å². The molecule has 6 nitrogen and oxygen atoms in total. The van der Waals surface area contributed by atoms with E-state index in [9.17, 15) is 9.59 Å². The lowest BCUT2D eigenvalue weighted by Crippen LogP contribution is -2.43. The van der Waals surface area contributed by atoms with E-state index in [2.05, 4.69) is 9.88 Å². The third-order valence-corrected chi connectivity index (χ3v) is 5.98. The quantitative estimate of drug-likeness (QED) is 0.893. The summed E-state index contributed by atoms with van der Waals surface area (Å²) in [5.41, 5.74) is 1.51. The van der Waals surface area contributed by atoms with Crippen molar-refractivity contribution in [3.63, 3.8) is 0 Å². The zero-order valence-electron chi connectivity index (χ0n) is 14.9. The van der Waals surface area contributed by atoms with Crippen molar-refractivity contribution in [2.45, 2.75) is 64.3 Å². The number of aromatic amines is 1. The van der Waals surface area contributed by atoms with Crippen molar-refractivity contribution in [2.24, 2.45) is 5.92 Å². The van der Waals surface area contributed by atoms with Crippen molar-refractivity contribution < 1.29 is 4.79 Å². The van der Waals surface area contributed by atoms with Gasteiger partial charge in [0.05, 0.1) is 17.8 Å². The highest BCUT2D eigenvalue weighted by Gasteiger charge is 2.30. The molecule has 1 saturated heterocycles. The second kappa shape index (κ2) is 7.18. The molecule has 0 aromatic carbocycles. The molecule has 1 amide bonds. The fourth-order valence-corrected chi connectivity index (χ4v) is 4.46. The first kappa shape index (κ1) is 16.6. The van der Waals surface area contributed by atoms with Gasteiger partial charge in [-0.2, -0.15) is 0 Å². The summed E-state index contributed by atoms with van der Waals surface area (Å²) in [6, 6.07) is 0. The highest BCUT2D eigenvalue weighted by molar-refractivity contribution is 5.79. The molecule has 1 aliphatic carbocycles. The molecule has 1 N–H and O–H groups in total. The highest BCUT2D eigenvalue weighted by atomic mass is 16.2. The summed E-state index contributed by atoms with van der Waals surface area (Å²) in [5, 5.41) is 0. The first-order chi connectivity index (χ1) is 12.2. The first-order valence-corrected chi connectivity index (χ1v) is 9.88. The van der Waals surface area contributed by atoms with Gasteiger partial charge in [-0.3, -0.25) is 14.6 Å². The fraction of sp³-hybridized carbons (Fsp3) is 0.737. The molecule has 2 fully saturated rings. The normalized spacial score (nSPS) is 21.9. The van der Waals surface area contributed by atoms with Crippen LogP contribution in [0.5, 0.6) is 0 Å². The number of anilines is 1. The Hall–Kier alpha value is -1.85. The van der Waals surface area contributed by atoms with Gasteiger partial charge >= 0.3 is 0 Å². The monoisotopic (exact) mass is 344 g/mol. The Morgan fingerprint density at radius 3 is 2.48 bits per heavy atom. The Labute approximate surface area is 148 Å². The minimum atomic E-state index is -0.0632. The second-order valence-electron chi connectivity index (χ2n) is 7.71. The van der Waals surface area contributed by atoms with E-state index in [-0.39, 0.29) is 17.4 Å². The van der Waals surface area contributed by atoms with Crippen molar-refractivity contribution in [3.8, 4) is 0 Å². The maximum atomic E-state index is 12.8. The Balaban J connectivity index is 1.51. The number of nitrogens with zero attached hydrogens (tertiary/aromatic N) is 3.